The normalized spacial score (nSPS) is 25.2. The third-order valence-corrected chi connectivity index (χ3v) is 6.31. The first-order valence-electron chi connectivity index (χ1n) is 12.4. The van der Waals surface area contributed by atoms with Crippen molar-refractivity contribution in [3.63, 3.8) is 0 Å². The summed E-state index contributed by atoms with van der Waals surface area (Å²) < 4.78 is 10.5. The van der Waals surface area contributed by atoms with Crippen molar-refractivity contribution in [3.8, 4) is 0 Å². The summed E-state index contributed by atoms with van der Waals surface area (Å²) in [5.74, 6) is -1.69. The van der Waals surface area contributed by atoms with Crippen LogP contribution >= 0.6 is 0 Å². The molecule has 36 heavy (non-hydrogen) atoms. The minimum Gasteiger partial charge on any atom is -0.462 e. The molecule has 10 nitrogen and oxygen atoms in total. The zero-order chi connectivity index (χ0) is 25.9. The van der Waals surface area contributed by atoms with Crippen molar-refractivity contribution < 1.29 is 33.8 Å². The monoisotopic (exact) mass is 501 g/mol. The molecule has 1 aromatic carbocycles. The van der Waals surface area contributed by atoms with E-state index < -0.39 is 30.1 Å². The van der Waals surface area contributed by atoms with Crippen LogP contribution in [0.5, 0.6) is 0 Å². The van der Waals surface area contributed by atoms with Gasteiger partial charge in [0, 0.05) is 13.0 Å². The number of allylic oxidation sites excluding steroid dienone is 1. The maximum atomic E-state index is 12.8. The van der Waals surface area contributed by atoms with Crippen LogP contribution in [0.3, 0.4) is 0 Å². The molecule has 1 fully saturated rings. The van der Waals surface area contributed by atoms with Crippen LogP contribution in [-0.4, -0.2) is 71.8 Å². The molecule has 2 aliphatic heterocycles. The van der Waals surface area contributed by atoms with Gasteiger partial charge in [0.05, 0.1) is 24.6 Å². The number of ether oxygens (including phenoxy) is 2. The molecule has 3 rings (SSSR count). The molecule has 1 saturated heterocycles. The van der Waals surface area contributed by atoms with Crippen LogP contribution in [0.1, 0.15) is 44.6 Å². The van der Waals surface area contributed by atoms with Crippen LogP contribution in [0.4, 0.5) is 4.79 Å². The fourth-order valence-corrected chi connectivity index (χ4v) is 4.29. The third-order valence-electron chi connectivity index (χ3n) is 6.31. The zero-order valence-electron chi connectivity index (χ0n) is 20.6. The number of benzene rings is 1. The van der Waals surface area contributed by atoms with E-state index in [0.29, 0.717) is 13.0 Å². The number of alkyl carbamates (subject to hydrolysis) is 1. The Balaban J connectivity index is 1.61. The van der Waals surface area contributed by atoms with Crippen LogP contribution in [0.15, 0.2) is 42.5 Å². The van der Waals surface area contributed by atoms with Gasteiger partial charge in [-0.05, 0) is 38.2 Å². The summed E-state index contributed by atoms with van der Waals surface area (Å²) in [4.78, 5) is 52.2. The molecule has 0 bridgehead atoms. The molecule has 0 radical (unpaired) electrons. The molecule has 0 spiro atoms. The van der Waals surface area contributed by atoms with Crippen molar-refractivity contribution in [1.82, 2.24) is 15.5 Å². The van der Waals surface area contributed by atoms with E-state index in [0.717, 1.165) is 18.4 Å². The predicted molar refractivity (Wildman–Crippen MR) is 130 cm³/mol. The van der Waals surface area contributed by atoms with E-state index >= 15 is 0 Å². The number of nitrogens with one attached hydrogen (secondary N) is 2. The predicted octanol–water partition coefficient (Wildman–Crippen LogP) is 1.67. The van der Waals surface area contributed by atoms with Crippen LogP contribution < -0.4 is 10.6 Å². The second-order valence-electron chi connectivity index (χ2n) is 9.21. The number of hydrogen-bond acceptors (Lipinski definition) is 7. The van der Waals surface area contributed by atoms with Gasteiger partial charge in [-0.15, -0.1) is 0 Å². The summed E-state index contributed by atoms with van der Waals surface area (Å²) in [5.41, 5.74) is 0.818. The molecule has 1 aromatic rings. The van der Waals surface area contributed by atoms with Crippen molar-refractivity contribution in [2.24, 2.45) is 5.92 Å². The van der Waals surface area contributed by atoms with Gasteiger partial charge in [0.15, 0.2) is 0 Å². The average molecular weight is 502 g/mol. The first kappa shape index (κ1) is 27.2. The molecule has 3 N–H and O–H groups in total. The largest absolute Gasteiger partial charge is 0.462 e. The summed E-state index contributed by atoms with van der Waals surface area (Å²) in [6.07, 6.45) is 4.72. The van der Waals surface area contributed by atoms with Crippen LogP contribution in [0, 0.1) is 5.92 Å². The number of cyclic esters (lactones) is 1. The number of hydrogen-bond donors (Lipinski definition) is 3. The Morgan fingerprint density at radius 2 is 1.94 bits per heavy atom. The fraction of sp³-hybridized carbons (Fsp3) is 0.538. The highest BCUT2D eigenvalue weighted by molar-refractivity contribution is 5.86. The average Bonchev–Trinajstić information content (AvgIpc) is 3.36. The maximum absolute atomic E-state index is 12.8. The summed E-state index contributed by atoms with van der Waals surface area (Å²) >= 11 is 0. The summed E-state index contributed by atoms with van der Waals surface area (Å²) in [5, 5.41) is 14.9. The van der Waals surface area contributed by atoms with Gasteiger partial charge in [0.2, 0.25) is 11.8 Å². The van der Waals surface area contributed by atoms with Crippen molar-refractivity contribution >= 4 is 23.9 Å². The first-order chi connectivity index (χ1) is 17.4. The highest BCUT2D eigenvalue weighted by atomic mass is 16.6. The van der Waals surface area contributed by atoms with E-state index in [1.165, 1.54) is 0 Å². The van der Waals surface area contributed by atoms with E-state index in [2.05, 4.69) is 10.6 Å². The minimum atomic E-state index is -0.957. The van der Waals surface area contributed by atoms with Gasteiger partial charge in [-0.3, -0.25) is 9.59 Å². The molecular weight excluding hydrogens is 466 g/mol. The van der Waals surface area contributed by atoms with Gasteiger partial charge >= 0.3 is 12.1 Å². The molecule has 0 saturated carbocycles. The van der Waals surface area contributed by atoms with Gasteiger partial charge < -0.3 is 30.1 Å². The van der Waals surface area contributed by atoms with E-state index in [4.69, 9.17) is 9.47 Å². The highest BCUT2D eigenvalue weighted by Crippen LogP contribution is 2.21. The lowest BCUT2D eigenvalue weighted by Gasteiger charge is -2.26. The minimum absolute atomic E-state index is 0.0205. The Kier molecular flexibility index (Phi) is 10.3. The molecule has 4 unspecified atom stereocenters. The van der Waals surface area contributed by atoms with Gasteiger partial charge in [-0.2, -0.15) is 0 Å². The molecule has 196 valence electrons. The zero-order valence-corrected chi connectivity index (χ0v) is 20.6. The number of nitrogens with zero attached hydrogens (tertiary/aromatic N) is 1. The van der Waals surface area contributed by atoms with E-state index in [-0.39, 0.29) is 50.5 Å². The van der Waals surface area contributed by atoms with Crippen molar-refractivity contribution in [1.29, 1.82) is 0 Å². The molecule has 0 aromatic heterocycles. The Hall–Kier alpha value is -3.40. The smallest absolute Gasteiger partial charge is 0.408 e. The van der Waals surface area contributed by atoms with Gasteiger partial charge in [-0.25, -0.2) is 9.59 Å². The summed E-state index contributed by atoms with van der Waals surface area (Å²) in [6.45, 7) is 2.17. The Labute approximate surface area is 211 Å². The van der Waals surface area contributed by atoms with Crippen molar-refractivity contribution in [2.45, 2.75) is 63.8 Å². The molecule has 4 atom stereocenters. The van der Waals surface area contributed by atoms with Crippen LogP contribution in [0.25, 0.3) is 0 Å². The lowest BCUT2D eigenvalue weighted by atomic mass is 9.97. The van der Waals surface area contributed by atoms with Gasteiger partial charge in [0.25, 0.3) is 0 Å². The molecule has 0 aliphatic carbocycles. The fourth-order valence-electron chi connectivity index (χ4n) is 4.29. The maximum Gasteiger partial charge on any atom is 0.408 e. The third kappa shape index (κ3) is 8.08. The molecule has 10 heteroatoms. The molecular formula is C26H35N3O7. The number of aliphatic hydroxyl groups is 1. The molecule has 2 heterocycles. The Morgan fingerprint density at radius 1 is 1.19 bits per heavy atom. The number of rotatable bonds is 6. The first-order valence-corrected chi connectivity index (χ1v) is 12.4. The number of amides is 3. The Morgan fingerprint density at radius 3 is 2.69 bits per heavy atom. The van der Waals surface area contributed by atoms with E-state index in [1.54, 1.807) is 24.0 Å². The van der Waals surface area contributed by atoms with E-state index in [9.17, 15) is 24.3 Å². The second kappa shape index (κ2) is 13.6. The van der Waals surface area contributed by atoms with Crippen molar-refractivity contribution in [2.75, 3.05) is 19.8 Å². The lowest BCUT2D eigenvalue weighted by Crippen LogP contribution is -2.45. The SMILES string of the molecule is CC1COC(=O)C(NC(=O)OCc2ccccc2)CC=CCC(CC(=O)N2CCCC2CO)C(=O)N1. The Bertz CT molecular complexity index is 937. The van der Waals surface area contributed by atoms with Gasteiger partial charge in [-0.1, -0.05) is 42.5 Å². The number of likely N-dealkylation sites (tertiary alicyclic amines) is 1. The highest BCUT2D eigenvalue weighted by Gasteiger charge is 2.32. The second-order valence-corrected chi connectivity index (χ2v) is 9.21. The topological polar surface area (TPSA) is 134 Å². The molecule has 3 amide bonds. The van der Waals surface area contributed by atoms with Crippen molar-refractivity contribution in [3.05, 3.63) is 48.0 Å². The quantitative estimate of drug-likeness (QED) is 0.399. The van der Waals surface area contributed by atoms with E-state index in [1.807, 2.05) is 30.3 Å². The number of esters is 1. The van der Waals surface area contributed by atoms with Crippen LogP contribution in [-0.2, 0) is 30.5 Å². The number of carbonyl (C=O) groups excluding carboxylic acids is 4. The van der Waals surface area contributed by atoms with Crippen LogP contribution in [0.2, 0.25) is 0 Å². The number of carbonyl (C=O) groups is 4. The lowest BCUT2D eigenvalue weighted by molar-refractivity contribution is -0.147. The molecule has 2 aliphatic rings. The summed E-state index contributed by atoms with van der Waals surface area (Å²) in [7, 11) is 0. The standard InChI is InChI=1S/C26H35N3O7/c1-18-16-35-25(33)22(28-26(34)36-17-19-8-3-2-4-9-19)12-6-5-10-20(24(32)27-18)14-23(31)29-13-7-11-21(29)15-30/h2-6,8-9,18,20-22,30H,7,10-17H2,1H3,(H,27,32)(H,28,34). The summed E-state index contributed by atoms with van der Waals surface area (Å²) in [6, 6.07) is 7.54. The van der Waals surface area contributed by atoms with Gasteiger partial charge in [0.1, 0.15) is 19.3 Å². The number of aliphatic hydroxyl groups excluding tert-OH is 1.